The summed E-state index contributed by atoms with van der Waals surface area (Å²) in [5.41, 5.74) is 0. The Hall–Kier alpha value is -1.30. The molecule has 1 nitrogen and oxygen atoms in total. The van der Waals surface area contributed by atoms with E-state index >= 15 is 0 Å². The molecule has 0 amide bonds. The fourth-order valence-corrected chi connectivity index (χ4v) is 0.266. The second-order valence-electron chi connectivity index (χ2n) is 1.18. The van der Waals surface area contributed by atoms with Crippen molar-refractivity contribution < 1.29 is 4.79 Å². The monoisotopic (exact) mass is 148 g/mol. The first-order chi connectivity index (χ1) is 4.77. The highest BCUT2D eigenvalue weighted by Crippen LogP contribution is 1.70. The highest BCUT2D eigenvalue weighted by Gasteiger charge is 1.75. The molecule has 48 valence electrons. The van der Waals surface area contributed by atoms with Crippen LogP contribution in [0, 0.1) is 35.5 Å². The van der Waals surface area contributed by atoms with Crippen LogP contribution in [0.15, 0.2) is 0 Å². The summed E-state index contributed by atoms with van der Waals surface area (Å²) < 4.78 is 0. The third kappa shape index (κ3) is 6.70. The standard InChI is InChI=1S/C8H4OS/c1-2-3-4-5-6-7-8(9)10/h1H3,(H,9,10). The van der Waals surface area contributed by atoms with Crippen LogP contribution in [0.3, 0.4) is 0 Å². The number of hydrogen-bond donors (Lipinski definition) is 1. The van der Waals surface area contributed by atoms with Crippen molar-refractivity contribution in [1.82, 2.24) is 0 Å². The normalized spacial score (nSPS) is 5.00. The van der Waals surface area contributed by atoms with Crippen molar-refractivity contribution in [2.75, 3.05) is 0 Å². The molecule has 0 unspecified atom stereocenters. The summed E-state index contributed by atoms with van der Waals surface area (Å²) in [7, 11) is 0. The van der Waals surface area contributed by atoms with Crippen LogP contribution in [0.1, 0.15) is 6.92 Å². The van der Waals surface area contributed by atoms with Crippen LogP contribution < -0.4 is 0 Å². The summed E-state index contributed by atoms with van der Waals surface area (Å²) in [6, 6.07) is 0. The average molecular weight is 148 g/mol. The molecular weight excluding hydrogens is 144 g/mol. The van der Waals surface area contributed by atoms with E-state index in [2.05, 4.69) is 48.2 Å². The molecule has 0 saturated carbocycles. The van der Waals surface area contributed by atoms with Crippen molar-refractivity contribution in [3.63, 3.8) is 0 Å². The predicted molar refractivity (Wildman–Crippen MR) is 43.0 cm³/mol. The molecular formula is C8H4OS. The first kappa shape index (κ1) is 8.70. The van der Waals surface area contributed by atoms with Gasteiger partial charge in [-0.05, 0) is 36.5 Å². The Labute approximate surface area is 65.6 Å². The summed E-state index contributed by atoms with van der Waals surface area (Å²) in [6.45, 7) is 1.67. The van der Waals surface area contributed by atoms with Gasteiger partial charge in [-0.15, -0.1) is 0 Å². The van der Waals surface area contributed by atoms with Gasteiger partial charge in [-0.3, -0.25) is 4.79 Å². The van der Waals surface area contributed by atoms with Gasteiger partial charge in [-0.25, -0.2) is 0 Å². The summed E-state index contributed by atoms with van der Waals surface area (Å²) in [6.07, 6.45) is 0. The van der Waals surface area contributed by atoms with E-state index in [1.165, 1.54) is 0 Å². The zero-order valence-electron chi connectivity index (χ0n) is 5.36. The van der Waals surface area contributed by atoms with E-state index in [0.717, 1.165) is 0 Å². The molecule has 0 aromatic rings. The van der Waals surface area contributed by atoms with Crippen LogP contribution in [-0.4, -0.2) is 5.12 Å². The van der Waals surface area contributed by atoms with Gasteiger partial charge in [-0.1, -0.05) is 18.5 Å². The van der Waals surface area contributed by atoms with E-state index in [1.54, 1.807) is 6.92 Å². The van der Waals surface area contributed by atoms with E-state index in [9.17, 15) is 4.79 Å². The molecule has 2 heteroatoms. The third-order valence-electron chi connectivity index (χ3n) is 0.482. The molecule has 0 radical (unpaired) electrons. The lowest BCUT2D eigenvalue weighted by Gasteiger charge is -1.61. The van der Waals surface area contributed by atoms with Gasteiger partial charge in [0.25, 0.3) is 5.12 Å². The Balaban J connectivity index is 3.98. The fraction of sp³-hybridized carbons (Fsp3) is 0.125. The lowest BCUT2D eigenvalue weighted by molar-refractivity contribution is -0.106. The van der Waals surface area contributed by atoms with E-state index in [1.807, 2.05) is 0 Å². The van der Waals surface area contributed by atoms with Crippen LogP contribution in [0.4, 0.5) is 0 Å². The van der Waals surface area contributed by atoms with Crippen molar-refractivity contribution in [2.45, 2.75) is 6.92 Å². The zero-order chi connectivity index (χ0) is 7.82. The molecule has 0 saturated heterocycles. The topological polar surface area (TPSA) is 17.1 Å². The minimum absolute atomic E-state index is 0.487. The summed E-state index contributed by atoms with van der Waals surface area (Å²) >= 11 is 3.41. The quantitative estimate of drug-likeness (QED) is 0.390. The molecule has 0 aromatic carbocycles. The molecule has 0 aliphatic heterocycles. The minimum atomic E-state index is -0.487. The first-order valence-corrected chi connectivity index (χ1v) is 2.87. The van der Waals surface area contributed by atoms with E-state index < -0.39 is 5.12 Å². The van der Waals surface area contributed by atoms with E-state index in [0.29, 0.717) is 0 Å². The van der Waals surface area contributed by atoms with E-state index in [-0.39, 0.29) is 0 Å². The van der Waals surface area contributed by atoms with Crippen LogP contribution in [0.25, 0.3) is 0 Å². The van der Waals surface area contributed by atoms with Crippen LogP contribution >= 0.6 is 12.6 Å². The predicted octanol–water partition coefficient (Wildman–Crippen LogP) is 0.473. The molecule has 0 atom stereocenters. The molecule has 0 N–H and O–H groups in total. The van der Waals surface area contributed by atoms with Crippen LogP contribution in [0.5, 0.6) is 0 Å². The summed E-state index contributed by atoms with van der Waals surface area (Å²) in [5.74, 6) is 14.2. The van der Waals surface area contributed by atoms with Gasteiger partial charge in [0.2, 0.25) is 0 Å². The highest BCUT2D eigenvalue weighted by molar-refractivity contribution is 7.97. The van der Waals surface area contributed by atoms with Gasteiger partial charge in [0.1, 0.15) is 0 Å². The molecule has 0 aliphatic rings. The zero-order valence-corrected chi connectivity index (χ0v) is 6.25. The van der Waals surface area contributed by atoms with Crippen molar-refractivity contribution in [3.8, 4) is 35.5 Å². The Morgan fingerprint density at radius 2 is 1.80 bits per heavy atom. The van der Waals surface area contributed by atoms with Gasteiger partial charge in [0.05, 0.1) is 0 Å². The molecule has 0 fully saturated rings. The largest absolute Gasteiger partial charge is 0.272 e. The molecule has 0 spiro atoms. The minimum Gasteiger partial charge on any atom is -0.272 e. The maximum absolute atomic E-state index is 10.1. The fourth-order valence-electron chi connectivity index (χ4n) is 0.210. The molecule has 10 heavy (non-hydrogen) atoms. The third-order valence-corrected chi connectivity index (χ3v) is 0.594. The second kappa shape index (κ2) is 5.83. The highest BCUT2D eigenvalue weighted by atomic mass is 32.1. The number of carbonyl (C=O) groups excluding carboxylic acids is 1. The Morgan fingerprint density at radius 3 is 2.30 bits per heavy atom. The summed E-state index contributed by atoms with van der Waals surface area (Å²) in [5, 5.41) is -0.487. The maximum atomic E-state index is 10.1. The van der Waals surface area contributed by atoms with Crippen molar-refractivity contribution in [2.24, 2.45) is 0 Å². The Bertz CT molecular complexity index is 295. The Morgan fingerprint density at radius 1 is 1.20 bits per heavy atom. The van der Waals surface area contributed by atoms with Gasteiger partial charge < -0.3 is 0 Å². The molecule has 0 bridgehead atoms. The lowest BCUT2D eigenvalue weighted by atomic mass is 10.5. The van der Waals surface area contributed by atoms with Crippen molar-refractivity contribution in [1.29, 1.82) is 0 Å². The first-order valence-electron chi connectivity index (χ1n) is 2.43. The molecule has 0 aliphatic carbocycles. The van der Waals surface area contributed by atoms with Crippen molar-refractivity contribution in [3.05, 3.63) is 0 Å². The molecule has 0 rings (SSSR count). The second-order valence-corrected chi connectivity index (χ2v) is 1.59. The smallest absolute Gasteiger partial charge is 0.260 e. The average Bonchev–Trinajstić information content (AvgIpc) is 1.87. The number of rotatable bonds is 0. The van der Waals surface area contributed by atoms with Gasteiger partial charge in [0.15, 0.2) is 0 Å². The van der Waals surface area contributed by atoms with E-state index in [4.69, 9.17) is 0 Å². The summed E-state index contributed by atoms with van der Waals surface area (Å²) in [4.78, 5) is 10.1. The van der Waals surface area contributed by atoms with Crippen LogP contribution in [-0.2, 0) is 4.79 Å². The SMILES string of the molecule is CC#CC#CC#CC(=O)S. The molecule has 0 aromatic heterocycles. The van der Waals surface area contributed by atoms with Crippen molar-refractivity contribution >= 4 is 17.7 Å². The van der Waals surface area contributed by atoms with Gasteiger partial charge in [-0.2, -0.15) is 0 Å². The van der Waals surface area contributed by atoms with Gasteiger partial charge >= 0.3 is 0 Å². The lowest BCUT2D eigenvalue weighted by Crippen LogP contribution is -1.73. The number of carbonyl (C=O) groups is 1. The molecule has 0 heterocycles. The number of thiol groups is 1. The number of hydrogen-bond acceptors (Lipinski definition) is 1. The van der Waals surface area contributed by atoms with Crippen LogP contribution in [0.2, 0.25) is 0 Å². The Kier molecular flexibility index (Phi) is 5.07. The maximum Gasteiger partial charge on any atom is 0.260 e. The van der Waals surface area contributed by atoms with Gasteiger partial charge in [0, 0.05) is 0 Å².